The second kappa shape index (κ2) is 3.11. The lowest BCUT2D eigenvalue weighted by molar-refractivity contribution is 0.122. The summed E-state index contributed by atoms with van der Waals surface area (Å²) in [5.41, 5.74) is -0.0722. The molecule has 4 heteroatoms. The number of alkyl halides is 1. The maximum Gasteiger partial charge on any atom is 0.168 e. The van der Waals surface area contributed by atoms with Gasteiger partial charge in [0.15, 0.2) is 9.84 Å². The summed E-state index contributed by atoms with van der Waals surface area (Å²) in [6, 6.07) is 0. The number of rotatable bonds is 0. The summed E-state index contributed by atoms with van der Waals surface area (Å²) in [5.74, 6) is 0.294. The number of allylic oxidation sites excluding steroid dienone is 2. The molecule has 0 N–H and O–H groups in total. The van der Waals surface area contributed by atoms with Gasteiger partial charge in [0.05, 0.1) is 5.75 Å². The Morgan fingerprint density at radius 1 is 1.18 bits per heavy atom. The number of hydrogen-bond donors (Lipinski definition) is 0. The zero-order valence-electron chi connectivity index (χ0n) is 10.4. The van der Waals surface area contributed by atoms with Crippen LogP contribution < -0.4 is 0 Å². The van der Waals surface area contributed by atoms with Crippen LogP contribution in [-0.2, 0) is 9.84 Å². The van der Waals surface area contributed by atoms with Crippen LogP contribution in [0.25, 0.3) is 0 Å². The van der Waals surface area contributed by atoms with Crippen molar-refractivity contribution in [3.63, 3.8) is 0 Å². The normalized spacial score (nSPS) is 49.9. The van der Waals surface area contributed by atoms with E-state index in [1.807, 2.05) is 0 Å². The standard InChI is InChI=1S/C13H19ClO2S/c1-11(2)7-12-5-3-4-6-13(12,8-11)10(14)17(15,16)9-12/h3-4,10H,5-9H2,1-2H3/t10-,12-,13-/m0/s1. The van der Waals surface area contributed by atoms with Crippen LogP contribution in [0, 0.1) is 16.2 Å². The Morgan fingerprint density at radius 3 is 2.47 bits per heavy atom. The van der Waals surface area contributed by atoms with Crippen molar-refractivity contribution in [2.75, 3.05) is 5.75 Å². The quantitative estimate of drug-likeness (QED) is 0.502. The van der Waals surface area contributed by atoms with Gasteiger partial charge >= 0.3 is 0 Å². The Kier molecular flexibility index (Phi) is 2.20. The lowest BCUT2D eigenvalue weighted by atomic mass is 9.62. The Bertz CT molecular complexity index is 494. The van der Waals surface area contributed by atoms with E-state index in [0.29, 0.717) is 5.75 Å². The smallest absolute Gasteiger partial charge is 0.168 e. The van der Waals surface area contributed by atoms with Crippen molar-refractivity contribution in [3.05, 3.63) is 12.2 Å². The zero-order chi connectivity index (χ0) is 12.5. The van der Waals surface area contributed by atoms with Gasteiger partial charge in [-0.3, -0.25) is 0 Å². The minimum atomic E-state index is -3.11. The van der Waals surface area contributed by atoms with Crippen LogP contribution >= 0.6 is 11.6 Å². The summed E-state index contributed by atoms with van der Waals surface area (Å²) in [4.78, 5) is 0. The van der Waals surface area contributed by atoms with Crippen molar-refractivity contribution in [3.8, 4) is 0 Å². The highest BCUT2D eigenvalue weighted by Crippen LogP contribution is 2.72. The Balaban J connectivity index is 2.19. The van der Waals surface area contributed by atoms with E-state index in [1.54, 1.807) is 0 Å². The average Bonchev–Trinajstić information content (AvgIpc) is 2.50. The molecule has 96 valence electrons. The van der Waals surface area contributed by atoms with Gasteiger partial charge in [0.25, 0.3) is 0 Å². The van der Waals surface area contributed by atoms with Crippen LogP contribution in [0.5, 0.6) is 0 Å². The molecule has 1 saturated carbocycles. The highest BCUT2D eigenvalue weighted by Gasteiger charge is 2.71. The van der Waals surface area contributed by atoms with E-state index in [-0.39, 0.29) is 16.2 Å². The van der Waals surface area contributed by atoms with Gasteiger partial charge in [0.1, 0.15) is 4.71 Å². The van der Waals surface area contributed by atoms with Crippen molar-refractivity contribution in [1.29, 1.82) is 0 Å². The minimum Gasteiger partial charge on any atom is -0.227 e. The molecule has 1 heterocycles. The molecule has 17 heavy (non-hydrogen) atoms. The van der Waals surface area contributed by atoms with Gasteiger partial charge < -0.3 is 0 Å². The maximum absolute atomic E-state index is 12.2. The molecule has 0 bridgehead atoms. The van der Waals surface area contributed by atoms with E-state index >= 15 is 0 Å². The second-order valence-corrected chi connectivity index (χ2v) is 9.74. The molecule has 1 aliphatic heterocycles. The first-order chi connectivity index (χ1) is 7.73. The monoisotopic (exact) mass is 274 g/mol. The predicted molar refractivity (Wildman–Crippen MR) is 69.7 cm³/mol. The van der Waals surface area contributed by atoms with E-state index in [9.17, 15) is 8.42 Å². The minimum absolute atomic E-state index is 0.0868. The van der Waals surface area contributed by atoms with Crippen LogP contribution in [0.3, 0.4) is 0 Å². The van der Waals surface area contributed by atoms with Gasteiger partial charge in [-0.15, -0.1) is 11.6 Å². The Hall–Kier alpha value is -0.0200. The zero-order valence-corrected chi connectivity index (χ0v) is 11.9. The topological polar surface area (TPSA) is 34.1 Å². The third-order valence-electron chi connectivity index (χ3n) is 5.05. The van der Waals surface area contributed by atoms with E-state index < -0.39 is 14.5 Å². The summed E-state index contributed by atoms with van der Waals surface area (Å²) in [7, 11) is -3.11. The van der Waals surface area contributed by atoms with Gasteiger partial charge in [-0.05, 0) is 36.5 Å². The molecule has 0 spiro atoms. The molecule has 0 aromatic heterocycles. The summed E-state index contributed by atoms with van der Waals surface area (Å²) < 4.78 is 23.7. The fraction of sp³-hybridized carbons (Fsp3) is 0.846. The highest BCUT2D eigenvalue weighted by atomic mass is 35.5. The third kappa shape index (κ3) is 1.36. The first kappa shape index (κ1) is 12.0. The molecule has 0 radical (unpaired) electrons. The van der Waals surface area contributed by atoms with Crippen molar-refractivity contribution in [2.24, 2.45) is 16.2 Å². The van der Waals surface area contributed by atoms with E-state index in [0.717, 1.165) is 25.7 Å². The molecular formula is C13H19ClO2S. The van der Waals surface area contributed by atoms with Gasteiger partial charge in [0.2, 0.25) is 0 Å². The summed E-state index contributed by atoms with van der Waals surface area (Å²) in [6.07, 6.45) is 7.95. The Morgan fingerprint density at radius 2 is 1.82 bits per heavy atom. The second-order valence-electron chi connectivity index (χ2n) is 6.96. The maximum atomic E-state index is 12.2. The van der Waals surface area contributed by atoms with Crippen LogP contribution in [0.4, 0.5) is 0 Å². The SMILES string of the molecule is CC1(C)C[C@]23CC=CC[C@]2(C1)[C@@H](Cl)S(=O)(=O)C3. The molecule has 3 aliphatic rings. The van der Waals surface area contributed by atoms with Crippen molar-refractivity contribution in [2.45, 2.75) is 44.2 Å². The fourth-order valence-corrected chi connectivity index (χ4v) is 7.96. The lowest BCUT2D eigenvalue weighted by Crippen LogP contribution is -2.40. The van der Waals surface area contributed by atoms with E-state index in [2.05, 4.69) is 26.0 Å². The largest absolute Gasteiger partial charge is 0.227 e. The molecule has 1 saturated heterocycles. The molecule has 2 fully saturated rings. The summed E-state index contributed by atoms with van der Waals surface area (Å²) in [6.45, 7) is 4.49. The van der Waals surface area contributed by atoms with E-state index in [1.165, 1.54) is 0 Å². The number of sulfone groups is 1. The first-order valence-electron chi connectivity index (χ1n) is 6.24. The van der Waals surface area contributed by atoms with Crippen LogP contribution in [0.2, 0.25) is 0 Å². The first-order valence-corrected chi connectivity index (χ1v) is 8.39. The molecule has 0 unspecified atom stereocenters. The van der Waals surface area contributed by atoms with Crippen LogP contribution in [0.15, 0.2) is 12.2 Å². The molecule has 2 nitrogen and oxygen atoms in total. The molecule has 3 atom stereocenters. The van der Waals surface area contributed by atoms with Gasteiger partial charge in [-0.2, -0.15) is 0 Å². The molecule has 3 rings (SSSR count). The number of hydrogen-bond acceptors (Lipinski definition) is 2. The average molecular weight is 275 g/mol. The van der Waals surface area contributed by atoms with Gasteiger partial charge in [-0.25, -0.2) is 8.42 Å². The van der Waals surface area contributed by atoms with Crippen molar-refractivity contribution in [1.82, 2.24) is 0 Å². The highest BCUT2D eigenvalue weighted by molar-refractivity contribution is 7.93. The third-order valence-corrected chi connectivity index (χ3v) is 8.32. The molecular weight excluding hydrogens is 256 g/mol. The van der Waals surface area contributed by atoms with Crippen LogP contribution in [0.1, 0.15) is 39.5 Å². The number of halogens is 1. The van der Waals surface area contributed by atoms with Crippen molar-refractivity contribution < 1.29 is 8.42 Å². The lowest BCUT2D eigenvalue weighted by Gasteiger charge is -2.42. The molecule has 2 aliphatic carbocycles. The van der Waals surface area contributed by atoms with Gasteiger partial charge in [0, 0.05) is 5.41 Å². The van der Waals surface area contributed by atoms with Crippen LogP contribution in [-0.4, -0.2) is 18.9 Å². The van der Waals surface area contributed by atoms with Gasteiger partial charge in [-0.1, -0.05) is 26.0 Å². The fourth-order valence-electron chi connectivity index (χ4n) is 4.83. The Labute approximate surface area is 108 Å². The summed E-state index contributed by atoms with van der Waals surface area (Å²) >= 11 is 6.37. The predicted octanol–water partition coefficient (Wildman–Crippen LogP) is 3.12. The summed E-state index contributed by atoms with van der Waals surface area (Å²) in [5, 5.41) is 0. The molecule has 0 amide bonds. The van der Waals surface area contributed by atoms with E-state index in [4.69, 9.17) is 11.6 Å². The molecule has 0 aromatic carbocycles. The van der Waals surface area contributed by atoms with Crippen molar-refractivity contribution >= 4 is 21.4 Å². The molecule has 0 aromatic rings.